The van der Waals surface area contributed by atoms with Crippen LogP contribution in [0.2, 0.25) is 0 Å². The van der Waals surface area contributed by atoms with Crippen molar-refractivity contribution in [3.8, 4) is 0 Å². The van der Waals surface area contributed by atoms with Crippen LogP contribution < -0.4 is 10.6 Å². The molecule has 0 bridgehead atoms. The molecule has 100 valence electrons. The summed E-state index contributed by atoms with van der Waals surface area (Å²) in [5.41, 5.74) is 0. The number of carboxylic acids is 1. The second-order valence-corrected chi connectivity index (χ2v) is 4.03. The van der Waals surface area contributed by atoms with E-state index in [0.717, 1.165) is 0 Å². The van der Waals surface area contributed by atoms with Crippen molar-refractivity contribution < 1.29 is 14.7 Å². The van der Waals surface area contributed by atoms with Gasteiger partial charge in [-0.3, -0.25) is 9.89 Å². The molecule has 0 spiro atoms. The van der Waals surface area contributed by atoms with Gasteiger partial charge >= 0.3 is 12.0 Å². The Morgan fingerprint density at radius 2 is 2.28 bits per heavy atom. The van der Waals surface area contributed by atoms with E-state index in [1.807, 2.05) is 6.92 Å². The van der Waals surface area contributed by atoms with Gasteiger partial charge in [0.15, 0.2) is 0 Å². The Bertz CT molecular complexity index is 379. The molecule has 4 N–H and O–H groups in total. The van der Waals surface area contributed by atoms with Crippen molar-refractivity contribution in [2.75, 3.05) is 6.54 Å². The maximum atomic E-state index is 11.4. The lowest BCUT2D eigenvalue weighted by Crippen LogP contribution is -2.37. The zero-order chi connectivity index (χ0) is 13.4. The number of hydrogen-bond donors (Lipinski definition) is 4. The van der Waals surface area contributed by atoms with Crippen LogP contribution in [0.15, 0.2) is 6.33 Å². The van der Waals surface area contributed by atoms with E-state index in [-0.39, 0.29) is 24.9 Å². The van der Waals surface area contributed by atoms with Gasteiger partial charge in [0.1, 0.15) is 12.2 Å². The second kappa shape index (κ2) is 7.25. The molecule has 0 aliphatic heterocycles. The zero-order valence-electron chi connectivity index (χ0n) is 10.1. The van der Waals surface area contributed by atoms with E-state index in [1.165, 1.54) is 6.33 Å². The molecule has 1 heterocycles. The molecular formula is C10H17N5O3. The third-order valence-electron chi connectivity index (χ3n) is 2.34. The predicted molar refractivity (Wildman–Crippen MR) is 62.7 cm³/mol. The molecule has 1 rings (SSSR count). The van der Waals surface area contributed by atoms with Crippen LogP contribution in [0.4, 0.5) is 4.79 Å². The number of aromatic amines is 1. The second-order valence-electron chi connectivity index (χ2n) is 4.03. The third kappa shape index (κ3) is 5.83. The molecule has 2 amide bonds. The average molecular weight is 255 g/mol. The van der Waals surface area contributed by atoms with Crippen molar-refractivity contribution in [3.63, 3.8) is 0 Å². The lowest BCUT2D eigenvalue weighted by atomic mass is 10.1. The van der Waals surface area contributed by atoms with E-state index in [0.29, 0.717) is 18.8 Å². The van der Waals surface area contributed by atoms with E-state index in [2.05, 4.69) is 25.8 Å². The van der Waals surface area contributed by atoms with Gasteiger partial charge in [0.2, 0.25) is 0 Å². The molecule has 8 nitrogen and oxygen atoms in total. The van der Waals surface area contributed by atoms with E-state index < -0.39 is 5.97 Å². The number of nitrogens with one attached hydrogen (secondary N) is 3. The van der Waals surface area contributed by atoms with Gasteiger partial charge in [-0.15, -0.1) is 0 Å². The van der Waals surface area contributed by atoms with Crippen molar-refractivity contribution in [2.24, 2.45) is 5.92 Å². The molecule has 0 radical (unpaired) electrons. The summed E-state index contributed by atoms with van der Waals surface area (Å²) in [5, 5.41) is 20.1. The molecule has 1 aromatic heterocycles. The Kier molecular flexibility index (Phi) is 5.62. The van der Waals surface area contributed by atoms with Crippen LogP contribution in [0.5, 0.6) is 0 Å². The summed E-state index contributed by atoms with van der Waals surface area (Å²) in [5.74, 6) is -0.127. The monoisotopic (exact) mass is 255 g/mol. The number of H-pyrrole nitrogens is 1. The number of urea groups is 1. The maximum absolute atomic E-state index is 11.4. The lowest BCUT2D eigenvalue weighted by molar-refractivity contribution is -0.137. The van der Waals surface area contributed by atoms with Crippen LogP contribution in [0.1, 0.15) is 25.6 Å². The molecule has 0 aromatic carbocycles. The van der Waals surface area contributed by atoms with Crippen LogP contribution in [0.25, 0.3) is 0 Å². The number of rotatable bonds is 7. The van der Waals surface area contributed by atoms with Gasteiger partial charge in [0.05, 0.1) is 6.54 Å². The molecule has 8 heteroatoms. The van der Waals surface area contributed by atoms with E-state index >= 15 is 0 Å². The highest BCUT2D eigenvalue weighted by Crippen LogP contribution is 2.03. The summed E-state index contributed by atoms with van der Waals surface area (Å²) in [4.78, 5) is 25.6. The first-order chi connectivity index (χ1) is 8.58. The van der Waals surface area contributed by atoms with Gasteiger partial charge < -0.3 is 15.7 Å². The van der Waals surface area contributed by atoms with E-state index in [1.54, 1.807) is 0 Å². The van der Waals surface area contributed by atoms with Gasteiger partial charge in [0.25, 0.3) is 0 Å². The largest absolute Gasteiger partial charge is 0.481 e. The molecule has 1 atom stereocenters. The minimum atomic E-state index is -0.823. The predicted octanol–water partition coefficient (Wildman–Crippen LogP) is 0.105. The summed E-state index contributed by atoms with van der Waals surface area (Å²) in [6, 6.07) is -0.312. The number of carbonyl (C=O) groups excluding carboxylic acids is 1. The first kappa shape index (κ1) is 13.9. The standard InChI is InChI=1S/C10H17N5O3/c1-7(2-3-9(16)17)4-11-10(18)12-5-8-13-6-14-15-8/h6-7H,2-5H2,1H3,(H,16,17)(H2,11,12,18)(H,13,14,15). The van der Waals surface area contributed by atoms with Crippen LogP contribution in [-0.4, -0.2) is 38.8 Å². The molecule has 1 aromatic rings. The normalized spacial score (nSPS) is 11.8. The number of carbonyl (C=O) groups is 2. The molecular weight excluding hydrogens is 238 g/mol. The average Bonchev–Trinajstić information content (AvgIpc) is 2.84. The van der Waals surface area contributed by atoms with Gasteiger partial charge in [-0.2, -0.15) is 5.10 Å². The fourth-order valence-corrected chi connectivity index (χ4v) is 1.28. The van der Waals surface area contributed by atoms with Gasteiger partial charge in [-0.1, -0.05) is 6.92 Å². The summed E-state index contributed by atoms with van der Waals surface area (Å²) >= 11 is 0. The summed E-state index contributed by atoms with van der Waals surface area (Å²) in [6.07, 6.45) is 2.02. The Morgan fingerprint density at radius 3 is 2.89 bits per heavy atom. The fourth-order valence-electron chi connectivity index (χ4n) is 1.28. The van der Waals surface area contributed by atoms with Gasteiger partial charge in [-0.25, -0.2) is 9.78 Å². The van der Waals surface area contributed by atoms with E-state index in [9.17, 15) is 9.59 Å². The minimum absolute atomic E-state index is 0.114. The number of aliphatic carboxylic acids is 1. The van der Waals surface area contributed by atoms with Gasteiger partial charge in [-0.05, 0) is 12.3 Å². The molecule has 0 fully saturated rings. The van der Waals surface area contributed by atoms with Crippen molar-refractivity contribution in [1.82, 2.24) is 25.8 Å². The summed E-state index contributed by atoms with van der Waals surface area (Å²) < 4.78 is 0. The minimum Gasteiger partial charge on any atom is -0.481 e. The Balaban J connectivity index is 2.11. The van der Waals surface area contributed by atoms with Crippen LogP contribution >= 0.6 is 0 Å². The first-order valence-corrected chi connectivity index (χ1v) is 5.65. The smallest absolute Gasteiger partial charge is 0.315 e. The first-order valence-electron chi connectivity index (χ1n) is 5.65. The van der Waals surface area contributed by atoms with Gasteiger partial charge in [0, 0.05) is 13.0 Å². The van der Waals surface area contributed by atoms with E-state index in [4.69, 9.17) is 5.11 Å². The molecule has 0 aliphatic carbocycles. The quantitative estimate of drug-likeness (QED) is 0.551. The number of nitrogens with zero attached hydrogens (tertiary/aromatic N) is 2. The van der Waals surface area contributed by atoms with Crippen LogP contribution in [-0.2, 0) is 11.3 Å². The Morgan fingerprint density at radius 1 is 1.50 bits per heavy atom. The maximum Gasteiger partial charge on any atom is 0.315 e. The number of hydrogen-bond acceptors (Lipinski definition) is 4. The molecule has 1 unspecified atom stereocenters. The lowest BCUT2D eigenvalue weighted by Gasteiger charge is -2.11. The van der Waals surface area contributed by atoms with Crippen molar-refractivity contribution in [3.05, 3.63) is 12.2 Å². The number of carboxylic acid groups (broad SMARTS) is 1. The SMILES string of the molecule is CC(CCC(=O)O)CNC(=O)NCc1ncn[nH]1. The molecule has 0 saturated carbocycles. The summed E-state index contributed by atoms with van der Waals surface area (Å²) in [6.45, 7) is 2.60. The van der Waals surface area contributed by atoms with Crippen LogP contribution in [0, 0.1) is 5.92 Å². The van der Waals surface area contributed by atoms with Crippen molar-refractivity contribution >= 4 is 12.0 Å². The highest BCUT2D eigenvalue weighted by molar-refractivity contribution is 5.73. The highest BCUT2D eigenvalue weighted by atomic mass is 16.4. The molecule has 0 aliphatic rings. The fraction of sp³-hybridized carbons (Fsp3) is 0.600. The number of aromatic nitrogens is 3. The topological polar surface area (TPSA) is 120 Å². The molecule has 18 heavy (non-hydrogen) atoms. The number of amides is 2. The summed E-state index contributed by atoms with van der Waals surface area (Å²) in [7, 11) is 0. The highest BCUT2D eigenvalue weighted by Gasteiger charge is 2.07. The molecule has 0 saturated heterocycles. The van der Waals surface area contributed by atoms with Crippen molar-refractivity contribution in [1.29, 1.82) is 0 Å². The van der Waals surface area contributed by atoms with Crippen LogP contribution in [0.3, 0.4) is 0 Å². The third-order valence-corrected chi connectivity index (χ3v) is 2.34. The Hall–Kier alpha value is -2.12. The Labute approximate surface area is 104 Å². The van der Waals surface area contributed by atoms with Crippen molar-refractivity contribution in [2.45, 2.75) is 26.3 Å². The zero-order valence-corrected chi connectivity index (χ0v) is 10.1.